The molecule has 128 valence electrons. The summed E-state index contributed by atoms with van der Waals surface area (Å²) in [7, 11) is -3.37. The van der Waals surface area contributed by atoms with E-state index in [1.807, 2.05) is 0 Å². The summed E-state index contributed by atoms with van der Waals surface area (Å²) < 4.78 is 28.0. The number of hydrogen-bond donors (Lipinski definition) is 2. The second kappa shape index (κ2) is 7.45. The zero-order chi connectivity index (χ0) is 17.7. The maximum absolute atomic E-state index is 11.9. The average Bonchev–Trinajstić information content (AvgIpc) is 2.40. The van der Waals surface area contributed by atoms with Crippen molar-refractivity contribution >= 4 is 21.8 Å². The van der Waals surface area contributed by atoms with Crippen LogP contribution in [0, 0.1) is 0 Å². The van der Waals surface area contributed by atoms with Crippen LogP contribution in [0.15, 0.2) is 29.2 Å². The van der Waals surface area contributed by atoms with Crippen LogP contribution in [0.3, 0.4) is 0 Å². The predicted octanol–water partition coefficient (Wildman–Crippen LogP) is 1.34. The summed E-state index contributed by atoms with van der Waals surface area (Å²) >= 11 is 0. The van der Waals surface area contributed by atoms with Crippen LogP contribution in [0.1, 0.15) is 31.1 Å². The summed E-state index contributed by atoms with van der Waals surface area (Å²) in [5, 5.41) is 5.10. The first-order valence-electron chi connectivity index (χ1n) is 7.04. The van der Waals surface area contributed by atoms with Gasteiger partial charge in [0.1, 0.15) is 5.60 Å². The smallest absolute Gasteiger partial charge is 0.407 e. The summed E-state index contributed by atoms with van der Waals surface area (Å²) in [6.07, 6.45) is 0.514. The van der Waals surface area contributed by atoms with Crippen LogP contribution in [0.25, 0.3) is 0 Å². The van der Waals surface area contributed by atoms with Crippen molar-refractivity contribution in [2.24, 2.45) is 0 Å². The van der Waals surface area contributed by atoms with Crippen LogP contribution in [0.4, 0.5) is 4.79 Å². The van der Waals surface area contributed by atoms with Gasteiger partial charge in [-0.15, -0.1) is 0 Å². The quantitative estimate of drug-likeness (QED) is 0.787. The highest BCUT2D eigenvalue weighted by Gasteiger charge is 2.15. The molecule has 8 heteroatoms. The summed E-state index contributed by atoms with van der Waals surface area (Å²) in [5.74, 6) is -0.415. The van der Waals surface area contributed by atoms with Crippen LogP contribution in [0.5, 0.6) is 0 Å². The largest absolute Gasteiger partial charge is 0.444 e. The van der Waals surface area contributed by atoms with E-state index in [1.54, 1.807) is 20.8 Å². The van der Waals surface area contributed by atoms with Gasteiger partial charge in [-0.2, -0.15) is 0 Å². The van der Waals surface area contributed by atoms with Gasteiger partial charge in [-0.25, -0.2) is 13.2 Å². The Kier molecular flexibility index (Phi) is 6.14. The molecule has 7 nitrogen and oxygen atoms in total. The maximum atomic E-state index is 11.9. The molecule has 0 fully saturated rings. The molecule has 0 aromatic heterocycles. The van der Waals surface area contributed by atoms with E-state index in [0.29, 0.717) is 0 Å². The lowest BCUT2D eigenvalue weighted by Gasteiger charge is -2.19. The highest BCUT2D eigenvalue weighted by molar-refractivity contribution is 7.90. The Bertz CT molecular complexity index is 677. The Morgan fingerprint density at radius 2 is 1.74 bits per heavy atom. The number of carbonyl (C=O) groups is 2. The van der Waals surface area contributed by atoms with E-state index in [-0.39, 0.29) is 23.5 Å². The molecule has 0 unspecified atom stereocenters. The standard InChI is InChI=1S/C15H22N2O5S/c1-15(2,3)22-14(19)17-9-8-16-13(18)11-6-5-7-12(10-11)23(4,20)21/h5-7,10H,8-9H2,1-4H3,(H,16,18)(H,17,19). The van der Waals surface area contributed by atoms with Gasteiger partial charge in [0.05, 0.1) is 4.90 Å². The average molecular weight is 342 g/mol. The minimum Gasteiger partial charge on any atom is -0.444 e. The Hall–Kier alpha value is -2.09. The molecule has 2 N–H and O–H groups in total. The normalized spacial score (nSPS) is 11.7. The Morgan fingerprint density at radius 3 is 2.30 bits per heavy atom. The second-order valence-corrected chi connectivity index (χ2v) is 8.00. The van der Waals surface area contributed by atoms with Gasteiger partial charge in [0, 0.05) is 24.9 Å². The van der Waals surface area contributed by atoms with E-state index in [2.05, 4.69) is 10.6 Å². The first kappa shape index (κ1) is 19.0. The van der Waals surface area contributed by atoms with E-state index < -0.39 is 27.4 Å². The SMILES string of the molecule is CC(C)(C)OC(=O)NCCNC(=O)c1cccc(S(C)(=O)=O)c1. The lowest BCUT2D eigenvalue weighted by atomic mass is 10.2. The van der Waals surface area contributed by atoms with Crippen molar-refractivity contribution in [2.45, 2.75) is 31.3 Å². The molecule has 0 aliphatic carbocycles. The van der Waals surface area contributed by atoms with Crippen LogP contribution >= 0.6 is 0 Å². The summed E-state index contributed by atoms with van der Waals surface area (Å²) in [4.78, 5) is 23.4. The van der Waals surface area contributed by atoms with Crippen LogP contribution in [-0.4, -0.2) is 45.4 Å². The summed E-state index contributed by atoms with van der Waals surface area (Å²) in [6, 6.07) is 5.76. The van der Waals surface area contributed by atoms with Gasteiger partial charge >= 0.3 is 6.09 Å². The number of amides is 2. The highest BCUT2D eigenvalue weighted by Crippen LogP contribution is 2.11. The fraction of sp³-hybridized carbons (Fsp3) is 0.467. The van der Waals surface area contributed by atoms with E-state index in [9.17, 15) is 18.0 Å². The van der Waals surface area contributed by atoms with Crippen molar-refractivity contribution in [3.63, 3.8) is 0 Å². The first-order valence-corrected chi connectivity index (χ1v) is 8.93. The molecule has 0 aliphatic rings. The molecule has 0 radical (unpaired) electrons. The van der Waals surface area contributed by atoms with Crippen molar-refractivity contribution in [2.75, 3.05) is 19.3 Å². The number of hydrogen-bond acceptors (Lipinski definition) is 5. The van der Waals surface area contributed by atoms with Crippen molar-refractivity contribution < 1.29 is 22.7 Å². The van der Waals surface area contributed by atoms with E-state index >= 15 is 0 Å². The molecule has 0 heterocycles. The lowest BCUT2D eigenvalue weighted by molar-refractivity contribution is 0.0526. The predicted molar refractivity (Wildman–Crippen MR) is 86.1 cm³/mol. The van der Waals surface area contributed by atoms with E-state index in [4.69, 9.17) is 4.74 Å². The van der Waals surface area contributed by atoms with E-state index in [0.717, 1.165) is 6.26 Å². The van der Waals surface area contributed by atoms with Gasteiger partial charge in [0.2, 0.25) is 0 Å². The molecule has 0 saturated carbocycles. The molecular weight excluding hydrogens is 320 g/mol. The Labute approximate surface area is 136 Å². The molecule has 2 amide bonds. The zero-order valence-electron chi connectivity index (χ0n) is 13.7. The van der Waals surface area contributed by atoms with Gasteiger partial charge < -0.3 is 15.4 Å². The molecule has 0 saturated heterocycles. The van der Waals surface area contributed by atoms with Crippen LogP contribution in [0.2, 0.25) is 0 Å². The fourth-order valence-corrected chi connectivity index (χ4v) is 2.29. The first-order chi connectivity index (χ1) is 10.5. The van der Waals surface area contributed by atoms with Gasteiger partial charge in [-0.3, -0.25) is 4.79 Å². The molecule has 0 bridgehead atoms. The maximum Gasteiger partial charge on any atom is 0.407 e. The molecule has 1 rings (SSSR count). The van der Waals surface area contributed by atoms with Crippen molar-refractivity contribution in [1.82, 2.24) is 10.6 Å². The third-order valence-corrected chi connectivity index (χ3v) is 3.71. The fourth-order valence-electron chi connectivity index (χ4n) is 1.62. The molecular formula is C15H22N2O5S. The number of ether oxygens (including phenoxy) is 1. The molecule has 0 atom stereocenters. The zero-order valence-corrected chi connectivity index (χ0v) is 14.5. The number of rotatable bonds is 5. The Morgan fingerprint density at radius 1 is 1.13 bits per heavy atom. The van der Waals surface area contributed by atoms with Crippen LogP contribution in [-0.2, 0) is 14.6 Å². The van der Waals surface area contributed by atoms with Gasteiger partial charge in [-0.05, 0) is 39.0 Å². The second-order valence-electron chi connectivity index (χ2n) is 5.98. The summed E-state index contributed by atoms with van der Waals surface area (Å²) in [5.41, 5.74) is -0.343. The number of nitrogens with one attached hydrogen (secondary N) is 2. The molecule has 0 spiro atoms. The monoisotopic (exact) mass is 342 g/mol. The topological polar surface area (TPSA) is 102 Å². The van der Waals surface area contributed by atoms with Crippen molar-refractivity contribution in [1.29, 1.82) is 0 Å². The number of sulfone groups is 1. The van der Waals surface area contributed by atoms with Crippen LogP contribution < -0.4 is 10.6 Å². The third kappa shape index (κ3) is 7.14. The van der Waals surface area contributed by atoms with E-state index in [1.165, 1.54) is 24.3 Å². The summed E-state index contributed by atoms with van der Waals surface area (Å²) in [6.45, 7) is 5.66. The number of benzene rings is 1. The number of carbonyl (C=O) groups excluding carboxylic acids is 2. The highest BCUT2D eigenvalue weighted by atomic mass is 32.2. The molecule has 0 aliphatic heterocycles. The molecule has 1 aromatic carbocycles. The number of alkyl carbamates (subject to hydrolysis) is 1. The third-order valence-electron chi connectivity index (χ3n) is 2.60. The van der Waals surface area contributed by atoms with Crippen molar-refractivity contribution in [3.05, 3.63) is 29.8 Å². The van der Waals surface area contributed by atoms with Gasteiger partial charge in [-0.1, -0.05) is 6.07 Å². The Balaban J connectivity index is 2.48. The van der Waals surface area contributed by atoms with Crippen molar-refractivity contribution in [3.8, 4) is 0 Å². The van der Waals surface area contributed by atoms with Gasteiger partial charge in [0.15, 0.2) is 9.84 Å². The molecule has 23 heavy (non-hydrogen) atoms. The lowest BCUT2D eigenvalue weighted by Crippen LogP contribution is -2.37. The van der Waals surface area contributed by atoms with Gasteiger partial charge in [0.25, 0.3) is 5.91 Å². The minimum absolute atomic E-state index is 0.0806. The minimum atomic E-state index is -3.37. The molecule has 1 aromatic rings.